The molecule has 0 amide bonds. The molecule has 1 saturated heterocycles. The highest BCUT2D eigenvalue weighted by Gasteiger charge is 2.28. The number of hydrogen-bond donors (Lipinski definition) is 1. The average molecular weight is 317 g/mol. The van der Waals surface area contributed by atoms with Gasteiger partial charge in [-0.3, -0.25) is 10.1 Å². The van der Waals surface area contributed by atoms with Gasteiger partial charge in [0.25, 0.3) is 5.69 Å². The highest BCUT2D eigenvalue weighted by Crippen LogP contribution is 2.27. The third kappa shape index (κ3) is 3.20. The Kier molecular flexibility index (Phi) is 4.55. The molecule has 1 aliphatic heterocycles. The molecule has 2 rings (SSSR count). The van der Waals surface area contributed by atoms with Gasteiger partial charge in [0.1, 0.15) is 5.82 Å². The van der Waals surface area contributed by atoms with E-state index in [1.54, 1.807) is 0 Å². The van der Waals surface area contributed by atoms with Crippen molar-refractivity contribution in [2.75, 3.05) is 26.2 Å². The van der Waals surface area contributed by atoms with Gasteiger partial charge in [-0.15, -0.1) is 0 Å². The molecule has 21 heavy (non-hydrogen) atoms. The first-order valence-corrected chi connectivity index (χ1v) is 7.93. The molecule has 0 radical (unpaired) electrons. The van der Waals surface area contributed by atoms with Crippen molar-refractivity contribution in [3.8, 4) is 0 Å². The van der Waals surface area contributed by atoms with E-state index in [9.17, 15) is 22.9 Å². The van der Waals surface area contributed by atoms with E-state index in [0.717, 1.165) is 12.1 Å². The molecule has 1 aromatic rings. The number of nitro groups is 1. The van der Waals surface area contributed by atoms with Crippen LogP contribution in [0.25, 0.3) is 0 Å². The van der Waals surface area contributed by atoms with Crippen LogP contribution in [0, 0.1) is 22.9 Å². The molecule has 0 bridgehead atoms. The molecule has 0 unspecified atom stereocenters. The fourth-order valence-electron chi connectivity index (χ4n) is 2.19. The largest absolute Gasteiger partial charge is 0.315 e. The Morgan fingerprint density at radius 3 is 2.71 bits per heavy atom. The number of nitrogens with one attached hydrogen (secondary N) is 1. The van der Waals surface area contributed by atoms with Crippen LogP contribution in [0.3, 0.4) is 0 Å². The summed E-state index contributed by atoms with van der Waals surface area (Å²) in [4.78, 5) is 9.75. The van der Waals surface area contributed by atoms with E-state index in [4.69, 9.17) is 0 Å². The minimum Gasteiger partial charge on any atom is -0.315 e. The summed E-state index contributed by atoms with van der Waals surface area (Å²) >= 11 is 0. The van der Waals surface area contributed by atoms with Gasteiger partial charge in [-0.2, -0.15) is 4.31 Å². The molecule has 0 atom stereocenters. The van der Waals surface area contributed by atoms with Crippen LogP contribution in [0.15, 0.2) is 17.0 Å². The predicted octanol–water partition coefficient (Wildman–Crippen LogP) is 1.03. The summed E-state index contributed by atoms with van der Waals surface area (Å²) < 4.78 is 40.0. The predicted molar refractivity (Wildman–Crippen MR) is 74.0 cm³/mol. The maximum absolute atomic E-state index is 13.8. The van der Waals surface area contributed by atoms with Crippen molar-refractivity contribution in [1.82, 2.24) is 9.62 Å². The van der Waals surface area contributed by atoms with Crippen LogP contribution >= 0.6 is 0 Å². The first-order valence-electron chi connectivity index (χ1n) is 6.49. The lowest BCUT2D eigenvalue weighted by Crippen LogP contribution is -2.34. The van der Waals surface area contributed by atoms with E-state index in [-0.39, 0.29) is 17.0 Å². The summed E-state index contributed by atoms with van der Waals surface area (Å²) in [5.74, 6) is -0.893. The summed E-state index contributed by atoms with van der Waals surface area (Å²) in [6.45, 7) is 3.01. The molecule has 1 aliphatic rings. The quantitative estimate of drug-likeness (QED) is 0.664. The standard InChI is InChI=1S/C12H16FN3O4S/c1-9-11(13)7-10(8-12(9)16(17)18)21(19,20)15-5-2-3-14-4-6-15/h7-8,14H,2-6H2,1H3. The number of hydrogen-bond acceptors (Lipinski definition) is 5. The van der Waals surface area contributed by atoms with Gasteiger partial charge in [-0.25, -0.2) is 12.8 Å². The van der Waals surface area contributed by atoms with Crippen molar-refractivity contribution >= 4 is 15.7 Å². The van der Waals surface area contributed by atoms with Crippen LogP contribution in [0.5, 0.6) is 0 Å². The number of rotatable bonds is 3. The second-order valence-corrected chi connectivity index (χ2v) is 6.75. The third-order valence-electron chi connectivity index (χ3n) is 3.42. The van der Waals surface area contributed by atoms with Gasteiger partial charge in [-0.1, -0.05) is 0 Å². The van der Waals surface area contributed by atoms with Crippen LogP contribution in [0.1, 0.15) is 12.0 Å². The highest BCUT2D eigenvalue weighted by molar-refractivity contribution is 7.89. The normalized spacial score (nSPS) is 17.4. The maximum Gasteiger partial charge on any atom is 0.276 e. The zero-order valence-electron chi connectivity index (χ0n) is 11.5. The summed E-state index contributed by atoms with van der Waals surface area (Å²) in [5.41, 5.74) is -0.696. The van der Waals surface area contributed by atoms with Gasteiger partial charge in [0.05, 0.1) is 15.4 Å². The molecule has 1 heterocycles. The molecule has 1 N–H and O–H groups in total. The molecule has 116 valence electrons. The van der Waals surface area contributed by atoms with Gasteiger partial charge in [-0.05, 0) is 26.0 Å². The molecular formula is C12H16FN3O4S. The smallest absolute Gasteiger partial charge is 0.276 e. The second-order valence-electron chi connectivity index (χ2n) is 4.81. The number of sulfonamides is 1. The average Bonchev–Trinajstić information content (AvgIpc) is 2.70. The van der Waals surface area contributed by atoms with Crippen molar-refractivity contribution in [3.63, 3.8) is 0 Å². The Morgan fingerprint density at radius 2 is 2.05 bits per heavy atom. The van der Waals surface area contributed by atoms with E-state index in [1.165, 1.54) is 11.2 Å². The zero-order valence-corrected chi connectivity index (χ0v) is 12.3. The third-order valence-corrected chi connectivity index (χ3v) is 5.30. The first-order chi connectivity index (χ1) is 9.84. The Labute approximate surface area is 122 Å². The van der Waals surface area contributed by atoms with Gasteiger partial charge >= 0.3 is 0 Å². The van der Waals surface area contributed by atoms with Crippen LogP contribution < -0.4 is 5.32 Å². The molecular weight excluding hydrogens is 301 g/mol. The van der Waals surface area contributed by atoms with Gasteiger partial charge in [0.15, 0.2) is 0 Å². The van der Waals surface area contributed by atoms with E-state index >= 15 is 0 Å². The number of nitrogens with zero attached hydrogens (tertiary/aromatic N) is 2. The van der Waals surface area contributed by atoms with Gasteiger partial charge < -0.3 is 5.32 Å². The van der Waals surface area contributed by atoms with E-state index in [2.05, 4.69) is 5.32 Å². The Morgan fingerprint density at radius 1 is 1.33 bits per heavy atom. The minimum atomic E-state index is -3.93. The zero-order chi connectivity index (χ0) is 15.6. The molecule has 0 saturated carbocycles. The van der Waals surface area contributed by atoms with Crippen molar-refractivity contribution < 1.29 is 17.7 Å². The summed E-state index contributed by atoms with van der Waals surface area (Å²) in [7, 11) is -3.93. The summed E-state index contributed by atoms with van der Waals surface area (Å²) in [6.07, 6.45) is 0.635. The summed E-state index contributed by atoms with van der Waals surface area (Å²) in [6, 6.07) is 1.77. The molecule has 0 spiro atoms. The Balaban J connectivity index is 2.46. The Bertz CT molecular complexity index is 655. The fourth-order valence-corrected chi connectivity index (χ4v) is 3.70. The van der Waals surface area contributed by atoms with Crippen molar-refractivity contribution in [2.24, 2.45) is 0 Å². The molecule has 7 nitrogen and oxygen atoms in total. The van der Waals surface area contributed by atoms with Crippen LogP contribution in [-0.4, -0.2) is 43.8 Å². The fraction of sp³-hybridized carbons (Fsp3) is 0.500. The lowest BCUT2D eigenvalue weighted by Gasteiger charge is -2.19. The molecule has 1 aromatic carbocycles. The Hall–Kier alpha value is -1.58. The SMILES string of the molecule is Cc1c(F)cc(S(=O)(=O)N2CCCNCC2)cc1[N+](=O)[O-]. The van der Waals surface area contributed by atoms with Gasteiger partial charge in [0, 0.05) is 25.7 Å². The first kappa shape index (κ1) is 15.8. The second kappa shape index (κ2) is 6.04. The van der Waals surface area contributed by atoms with Crippen LogP contribution in [0.4, 0.5) is 10.1 Å². The van der Waals surface area contributed by atoms with E-state index in [1.807, 2.05) is 0 Å². The topological polar surface area (TPSA) is 92.6 Å². The van der Waals surface area contributed by atoms with E-state index < -0.39 is 26.5 Å². The van der Waals surface area contributed by atoms with E-state index in [0.29, 0.717) is 26.1 Å². The molecule has 9 heteroatoms. The molecule has 0 aromatic heterocycles. The molecule has 1 fully saturated rings. The van der Waals surface area contributed by atoms with Gasteiger partial charge in [0.2, 0.25) is 10.0 Å². The van der Waals surface area contributed by atoms with Crippen LogP contribution in [-0.2, 0) is 10.0 Å². The minimum absolute atomic E-state index is 0.170. The van der Waals surface area contributed by atoms with Crippen molar-refractivity contribution in [1.29, 1.82) is 0 Å². The number of halogens is 1. The maximum atomic E-state index is 13.8. The number of nitro benzene ring substituents is 1. The number of benzene rings is 1. The lowest BCUT2D eigenvalue weighted by atomic mass is 10.2. The van der Waals surface area contributed by atoms with Crippen molar-refractivity contribution in [2.45, 2.75) is 18.2 Å². The van der Waals surface area contributed by atoms with Crippen LogP contribution in [0.2, 0.25) is 0 Å². The monoisotopic (exact) mass is 317 g/mol. The van der Waals surface area contributed by atoms with Crippen molar-refractivity contribution in [3.05, 3.63) is 33.6 Å². The lowest BCUT2D eigenvalue weighted by molar-refractivity contribution is -0.385. The summed E-state index contributed by atoms with van der Waals surface area (Å²) in [5, 5.41) is 14.0. The highest BCUT2D eigenvalue weighted by atomic mass is 32.2. The molecule has 0 aliphatic carbocycles.